The topological polar surface area (TPSA) is 54.0 Å². The normalized spacial score (nSPS) is 27.1. The lowest BCUT2D eigenvalue weighted by molar-refractivity contribution is 0.135. The molecule has 2 heterocycles. The molecule has 6 heteroatoms. The minimum Gasteiger partial charge on any atom is -0.484 e. The SMILES string of the molecule is OC1CNCCN1c1cccc2c1OC(Cl)CO2. The van der Waals surface area contributed by atoms with Gasteiger partial charge < -0.3 is 24.8 Å². The molecule has 98 valence electrons. The zero-order chi connectivity index (χ0) is 12.5. The molecule has 0 amide bonds. The van der Waals surface area contributed by atoms with Gasteiger partial charge >= 0.3 is 0 Å². The van der Waals surface area contributed by atoms with E-state index in [0.29, 0.717) is 31.2 Å². The first-order valence-corrected chi connectivity index (χ1v) is 6.41. The molecule has 0 aliphatic carbocycles. The summed E-state index contributed by atoms with van der Waals surface area (Å²) < 4.78 is 11.2. The number of anilines is 1. The number of rotatable bonds is 1. The third kappa shape index (κ3) is 2.09. The van der Waals surface area contributed by atoms with E-state index in [-0.39, 0.29) is 0 Å². The molecule has 2 aliphatic heterocycles. The predicted molar refractivity (Wildman–Crippen MR) is 68.4 cm³/mol. The van der Waals surface area contributed by atoms with E-state index in [9.17, 15) is 5.11 Å². The van der Waals surface area contributed by atoms with Crippen molar-refractivity contribution in [2.75, 3.05) is 31.1 Å². The molecule has 2 unspecified atom stereocenters. The first kappa shape index (κ1) is 11.9. The van der Waals surface area contributed by atoms with Crippen LogP contribution in [0, 0.1) is 0 Å². The Bertz CT molecular complexity index is 443. The summed E-state index contributed by atoms with van der Waals surface area (Å²) in [6.07, 6.45) is -0.565. The summed E-state index contributed by atoms with van der Waals surface area (Å²) in [7, 11) is 0. The molecule has 0 bridgehead atoms. The average Bonchev–Trinajstić information content (AvgIpc) is 2.39. The molecule has 0 spiro atoms. The fourth-order valence-electron chi connectivity index (χ4n) is 2.25. The summed E-state index contributed by atoms with van der Waals surface area (Å²) in [5, 5.41) is 13.2. The molecule has 2 aliphatic rings. The van der Waals surface area contributed by atoms with Gasteiger partial charge in [-0.3, -0.25) is 0 Å². The van der Waals surface area contributed by atoms with E-state index in [4.69, 9.17) is 21.1 Å². The molecule has 1 aromatic rings. The molecule has 1 fully saturated rings. The lowest BCUT2D eigenvalue weighted by Gasteiger charge is -2.36. The lowest BCUT2D eigenvalue weighted by atomic mass is 10.2. The molecule has 3 rings (SSSR count). The molecule has 0 aromatic heterocycles. The molecular formula is C12H15ClN2O3. The minimum absolute atomic E-state index is 0.335. The molecule has 2 atom stereocenters. The number of aliphatic hydroxyl groups is 1. The number of aliphatic hydroxyl groups excluding tert-OH is 1. The number of β-amino-alcohol motifs (C(OH)–C–C–N with tert-alkyl or cyclic N) is 1. The molecule has 1 aromatic carbocycles. The number of fused-ring (bicyclic) bond motifs is 1. The Hall–Kier alpha value is -1.17. The average molecular weight is 271 g/mol. The van der Waals surface area contributed by atoms with Crippen molar-refractivity contribution < 1.29 is 14.6 Å². The largest absolute Gasteiger partial charge is 0.484 e. The van der Waals surface area contributed by atoms with Crippen molar-refractivity contribution in [1.82, 2.24) is 5.32 Å². The van der Waals surface area contributed by atoms with Crippen LogP contribution in [-0.2, 0) is 0 Å². The number of nitrogens with zero attached hydrogens (tertiary/aromatic N) is 1. The zero-order valence-electron chi connectivity index (χ0n) is 9.80. The fourth-order valence-corrected chi connectivity index (χ4v) is 2.40. The van der Waals surface area contributed by atoms with E-state index in [2.05, 4.69) is 5.32 Å². The van der Waals surface area contributed by atoms with Gasteiger partial charge in [-0.15, -0.1) is 0 Å². The molecule has 0 radical (unpaired) electrons. The third-order valence-corrected chi connectivity index (χ3v) is 3.31. The van der Waals surface area contributed by atoms with E-state index in [1.165, 1.54) is 0 Å². The maximum Gasteiger partial charge on any atom is 0.206 e. The number of piperazine rings is 1. The highest BCUT2D eigenvalue weighted by molar-refractivity contribution is 6.20. The van der Waals surface area contributed by atoms with Crippen molar-refractivity contribution in [2.45, 2.75) is 11.8 Å². The Labute approximate surface area is 110 Å². The van der Waals surface area contributed by atoms with E-state index in [1.807, 2.05) is 23.1 Å². The monoisotopic (exact) mass is 270 g/mol. The van der Waals surface area contributed by atoms with Crippen LogP contribution in [0.5, 0.6) is 11.5 Å². The Morgan fingerprint density at radius 3 is 3.17 bits per heavy atom. The highest BCUT2D eigenvalue weighted by atomic mass is 35.5. The number of ether oxygens (including phenoxy) is 2. The van der Waals surface area contributed by atoms with Crippen LogP contribution in [0.3, 0.4) is 0 Å². The van der Waals surface area contributed by atoms with Gasteiger partial charge in [0, 0.05) is 19.6 Å². The Balaban J connectivity index is 1.96. The van der Waals surface area contributed by atoms with Crippen LogP contribution >= 0.6 is 11.6 Å². The number of hydrogen-bond acceptors (Lipinski definition) is 5. The van der Waals surface area contributed by atoms with Gasteiger partial charge in [-0.2, -0.15) is 0 Å². The number of halogens is 1. The van der Waals surface area contributed by atoms with Gasteiger partial charge in [0.25, 0.3) is 0 Å². The van der Waals surface area contributed by atoms with E-state index < -0.39 is 11.8 Å². The second-order valence-electron chi connectivity index (χ2n) is 4.32. The van der Waals surface area contributed by atoms with Gasteiger partial charge in [-0.05, 0) is 12.1 Å². The van der Waals surface area contributed by atoms with Gasteiger partial charge in [0.05, 0.1) is 5.69 Å². The first-order valence-electron chi connectivity index (χ1n) is 5.97. The zero-order valence-corrected chi connectivity index (χ0v) is 10.6. The van der Waals surface area contributed by atoms with E-state index in [1.54, 1.807) is 0 Å². The van der Waals surface area contributed by atoms with Gasteiger partial charge in [0.1, 0.15) is 12.8 Å². The summed E-state index contributed by atoms with van der Waals surface area (Å²) in [6, 6.07) is 5.64. The van der Waals surface area contributed by atoms with Gasteiger partial charge in [0.2, 0.25) is 5.56 Å². The van der Waals surface area contributed by atoms with Crippen molar-refractivity contribution in [3.05, 3.63) is 18.2 Å². The second-order valence-corrected chi connectivity index (χ2v) is 4.81. The van der Waals surface area contributed by atoms with Gasteiger partial charge in [-0.1, -0.05) is 17.7 Å². The summed E-state index contributed by atoms with van der Waals surface area (Å²) in [4.78, 5) is 1.90. The van der Waals surface area contributed by atoms with Crippen molar-refractivity contribution in [2.24, 2.45) is 0 Å². The standard InChI is InChI=1S/C12H15ClN2O3/c13-10-7-17-9-3-1-2-8(12(9)18-10)15-5-4-14-6-11(15)16/h1-3,10-11,14,16H,4-7H2. The van der Waals surface area contributed by atoms with Crippen LogP contribution in [0.4, 0.5) is 5.69 Å². The lowest BCUT2D eigenvalue weighted by Crippen LogP contribution is -2.51. The van der Waals surface area contributed by atoms with Gasteiger partial charge in [0.15, 0.2) is 11.5 Å². The van der Waals surface area contributed by atoms with Gasteiger partial charge in [-0.25, -0.2) is 0 Å². The number of hydrogen-bond donors (Lipinski definition) is 2. The predicted octanol–water partition coefficient (Wildman–Crippen LogP) is 0.751. The highest BCUT2D eigenvalue weighted by Gasteiger charge is 2.28. The van der Waals surface area contributed by atoms with Crippen LogP contribution in [0.15, 0.2) is 18.2 Å². The van der Waals surface area contributed by atoms with Crippen LogP contribution < -0.4 is 19.7 Å². The number of para-hydroxylation sites is 1. The number of nitrogens with one attached hydrogen (secondary N) is 1. The molecule has 0 saturated carbocycles. The second kappa shape index (κ2) is 4.84. The van der Waals surface area contributed by atoms with Crippen molar-refractivity contribution in [3.63, 3.8) is 0 Å². The van der Waals surface area contributed by atoms with Crippen molar-refractivity contribution in [1.29, 1.82) is 0 Å². The van der Waals surface area contributed by atoms with Crippen LogP contribution in [0.1, 0.15) is 0 Å². The number of benzene rings is 1. The molecule has 18 heavy (non-hydrogen) atoms. The third-order valence-electron chi connectivity index (χ3n) is 3.10. The maximum atomic E-state index is 10.0. The summed E-state index contributed by atoms with van der Waals surface area (Å²) >= 11 is 5.95. The van der Waals surface area contributed by atoms with E-state index in [0.717, 1.165) is 12.2 Å². The number of alkyl halides is 1. The van der Waals surface area contributed by atoms with Crippen molar-refractivity contribution >= 4 is 17.3 Å². The van der Waals surface area contributed by atoms with E-state index >= 15 is 0 Å². The smallest absolute Gasteiger partial charge is 0.206 e. The van der Waals surface area contributed by atoms with Crippen LogP contribution in [0.25, 0.3) is 0 Å². The maximum absolute atomic E-state index is 10.0. The highest BCUT2D eigenvalue weighted by Crippen LogP contribution is 2.41. The Morgan fingerprint density at radius 1 is 1.44 bits per heavy atom. The quantitative estimate of drug-likeness (QED) is 0.738. The molecule has 1 saturated heterocycles. The van der Waals surface area contributed by atoms with Crippen LogP contribution in [0.2, 0.25) is 0 Å². The first-order chi connectivity index (χ1) is 8.75. The Kier molecular flexibility index (Phi) is 3.20. The summed E-state index contributed by atoms with van der Waals surface area (Å²) in [5.74, 6) is 1.29. The molecule has 5 nitrogen and oxygen atoms in total. The molecular weight excluding hydrogens is 256 g/mol. The minimum atomic E-state index is -0.565. The van der Waals surface area contributed by atoms with Crippen LogP contribution in [-0.4, -0.2) is 43.1 Å². The fraction of sp³-hybridized carbons (Fsp3) is 0.500. The van der Waals surface area contributed by atoms with Crippen molar-refractivity contribution in [3.8, 4) is 11.5 Å². The summed E-state index contributed by atoms with van der Waals surface area (Å²) in [5.41, 5.74) is 0.338. The Morgan fingerprint density at radius 2 is 2.33 bits per heavy atom. The summed E-state index contributed by atoms with van der Waals surface area (Å²) in [6.45, 7) is 2.41. The molecule has 2 N–H and O–H groups in total.